The normalized spacial score (nSPS) is 19.6. The van der Waals surface area contributed by atoms with Gasteiger partial charge >= 0.3 is 5.97 Å². The third-order valence-corrected chi connectivity index (χ3v) is 3.65. The quantitative estimate of drug-likeness (QED) is 0.790. The highest BCUT2D eigenvalue weighted by Crippen LogP contribution is 2.31. The van der Waals surface area contributed by atoms with Gasteiger partial charge in [0.25, 0.3) is 5.91 Å². The molecule has 0 bridgehead atoms. The van der Waals surface area contributed by atoms with Crippen LogP contribution in [0, 0.1) is 0 Å². The summed E-state index contributed by atoms with van der Waals surface area (Å²) in [5.74, 6) is -0.940. The standard InChI is InChI=1S/C16H17NO5/c1-11-8-12-4-2-3-5-13(12)17(11)15(18)10-22-16(19)14-9-20-6-7-21-14/h2-5,9,11H,6-8,10H2,1H3/t11-/m1/s1. The number of ether oxygens (including phenoxy) is 3. The number of para-hydroxylation sites is 1. The fourth-order valence-corrected chi connectivity index (χ4v) is 2.69. The van der Waals surface area contributed by atoms with E-state index in [0.29, 0.717) is 13.2 Å². The molecule has 0 saturated heterocycles. The lowest BCUT2D eigenvalue weighted by Crippen LogP contribution is -2.39. The topological polar surface area (TPSA) is 65.1 Å². The van der Waals surface area contributed by atoms with Gasteiger partial charge in [0.1, 0.15) is 19.5 Å². The Morgan fingerprint density at radius 3 is 2.91 bits per heavy atom. The van der Waals surface area contributed by atoms with E-state index in [1.54, 1.807) is 4.90 Å². The van der Waals surface area contributed by atoms with E-state index in [1.807, 2.05) is 31.2 Å². The number of carbonyl (C=O) groups excluding carboxylic acids is 2. The van der Waals surface area contributed by atoms with Gasteiger partial charge in [-0.25, -0.2) is 4.79 Å². The number of nitrogens with zero attached hydrogens (tertiary/aromatic N) is 1. The van der Waals surface area contributed by atoms with Crippen LogP contribution in [0.25, 0.3) is 0 Å². The van der Waals surface area contributed by atoms with Crippen molar-refractivity contribution >= 4 is 17.6 Å². The smallest absolute Gasteiger partial charge is 0.377 e. The Labute approximate surface area is 128 Å². The first kappa shape index (κ1) is 14.4. The van der Waals surface area contributed by atoms with Crippen LogP contribution in [-0.4, -0.2) is 37.7 Å². The average Bonchev–Trinajstić information content (AvgIpc) is 2.89. The molecule has 0 fully saturated rings. The molecule has 2 heterocycles. The van der Waals surface area contributed by atoms with Crippen molar-refractivity contribution in [1.82, 2.24) is 0 Å². The van der Waals surface area contributed by atoms with Crippen molar-refractivity contribution in [3.63, 3.8) is 0 Å². The van der Waals surface area contributed by atoms with Crippen molar-refractivity contribution in [2.75, 3.05) is 24.7 Å². The van der Waals surface area contributed by atoms with E-state index in [0.717, 1.165) is 17.7 Å². The minimum absolute atomic E-state index is 0.00563. The molecule has 0 saturated carbocycles. The summed E-state index contributed by atoms with van der Waals surface area (Å²) in [5, 5.41) is 0. The summed E-state index contributed by atoms with van der Waals surface area (Å²) >= 11 is 0. The first-order chi connectivity index (χ1) is 10.7. The van der Waals surface area contributed by atoms with Crippen LogP contribution in [0.5, 0.6) is 0 Å². The van der Waals surface area contributed by atoms with E-state index >= 15 is 0 Å². The number of esters is 1. The van der Waals surface area contributed by atoms with Crippen LogP contribution in [0.4, 0.5) is 5.69 Å². The second-order valence-corrected chi connectivity index (χ2v) is 5.22. The Hall–Kier alpha value is -2.50. The number of hydrogen-bond donors (Lipinski definition) is 0. The van der Waals surface area contributed by atoms with Crippen molar-refractivity contribution in [3.05, 3.63) is 41.9 Å². The zero-order chi connectivity index (χ0) is 15.5. The lowest BCUT2D eigenvalue weighted by molar-refractivity contribution is -0.148. The van der Waals surface area contributed by atoms with E-state index < -0.39 is 5.97 Å². The number of hydrogen-bond acceptors (Lipinski definition) is 5. The highest BCUT2D eigenvalue weighted by atomic mass is 16.6. The van der Waals surface area contributed by atoms with Crippen LogP contribution in [0.2, 0.25) is 0 Å². The summed E-state index contributed by atoms with van der Waals surface area (Å²) in [5.41, 5.74) is 2.01. The van der Waals surface area contributed by atoms with Crippen LogP contribution in [0.3, 0.4) is 0 Å². The van der Waals surface area contributed by atoms with Gasteiger partial charge < -0.3 is 19.1 Å². The van der Waals surface area contributed by atoms with Crippen molar-refractivity contribution in [2.45, 2.75) is 19.4 Å². The zero-order valence-electron chi connectivity index (χ0n) is 12.3. The van der Waals surface area contributed by atoms with Gasteiger partial charge in [-0.05, 0) is 25.0 Å². The van der Waals surface area contributed by atoms with E-state index in [4.69, 9.17) is 14.2 Å². The van der Waals surface area contributed by atoms with Gasteiger partial charge in [-0.3, -0.25) is 4.79 Å². The van der Waals surface area contributed by atoms with Gasteiger partial charge in [-0.15, -0.1) is 0 Å². The maximum Gasteiger partial charge on any atom is 0.377 e. The summed E-state index contributed by atoms with van der Waals surface area (Å²) in [6, 6.07) is 7.80. The highest BCUT2D eigenvalue weighted by molar-refractivity contribution is 5.98. The molecule has 22 heavy (non-hydrogen) atoms. The Morgan fingerprint density at radius 2 is 2.14 bits per heavy atom. The van der Waals surface area contributed by atoms with Crippen LogP contribution in [0.15, 0.2) is 36.3 Å². The number of carbonyl (C=O) groups is 2. The summed E-state index contributed by atoms with van der Waals surface area (Å²) in [6.07, 6.45) is 2.02. The lowest BCUT2D eigenvalue weighted by Gasteiger charge is -2.22. The monoisotopic (exact) mass is 303 g/mol. The molecule has 1 amide bonds. The van der Waals surface area contributed by atoms with Gasteiger partial charge in [0.2, 0.25) is 5.76 Å². The van der Waals surface area contributed by atoms with Crippen molar-refractivity contribution < 1.29 is 23.8 Å². The molecule has 0 N–H and O–H groups in total. The Morgan fingerprint density at radius 1 is 1.32 bits per heavy atom. The molecule has 6 nitrogen and oxygen atoms in total. The Kier molecular flexibility index (Phi) is 4.00. The number of fused-ring (bicyclic) bond motifs is 1. The van der Waals surface area contributed by atoms with E-state index in [1.165, 1.54) is 6.26 Å². The summed E-state index contributed by atoms with van der Waals surface area (Å²) < 4.78 is 15.1. The highest BCUT2D eigenvalue weighted by Gasteiger charge is 2.31. The molecule has 3 rings (SSSR count). The summed E-state index contributed by atoms with van der Waals surface area (Å²) in [7, 11) is 0. The van der Waals surface area contributed by atoms with Crippen LogP contribution >= 0.6 is 0 Å². The number of amides is 1. The van der Waals surface area contributed by atoms with Crippen LogP contribution < -0.4 is 4.90 Å². The fourth-order valence-electron chi connectivity index (χ4n) is 2.69. The minimum atomic E-state index is -0.687. The average molecular weight is 303 g/mol. The maximum atomic E-state index is 12.4. The first-order valence-corrected chi connectivity index (χ1v) is 7.18. The molecule has 6 heteroatoms. The predicted octanol–water partition coefficient (Wildman–Crippen LogP) is 1.40. The van der Waals surface area contributed by atoms with Crippen LogP contribution in [-0.2, 0) is 30.2 Å². The van der Waals surface area contributed by atoms with Gasteiger partial charge in [0.15, 0.2) is 6.61 Å². The Bertz CT molecular complexity index is 625. The third-order valence-electron chi connectivity index (χ3n) is 3.65. The molecule has 2 aliphatic heterocycles. The lowest BCUT2D eigenvalue weighted by atomic mass is 10.1. The first-order valence-electron chi connectivity index (χ1n) is 7.18. The molecule has 0 radical (unpaired) electrons. The van der Waals surface area contributed by atoms with Crippen LogP contribution in [0.1, 0.15) is 12.5 Å². The van der Waals surface area contributed by atoms with Crippen molar-refractivity contribution in [3.8, 4) is 0 Å². The number of rotatable bonds is 3. The zero-order valence-corrected chi connectivity index (χ0v) is 12.3. The maximum absolute atomic E-state index is 12.4. The molecule has 0 unspecified atom stereocenters. The molecular weight excluding hydrogens is 286 g/mol. The van der Waals surface area contributed by atoms with Crippen molar-refractivity contribution in [2.24, 2.45) is 0 Å². The molecule has 1 atom stereocenters. The van der Waals surface area contributed by atoms with Gasteiger partial charge in [-0.2, -0.15) is 0 Å². The third kappa shape index (κ3) is 2.77. The van der Waals surface area contributed by atoms with E-state index in [-0.39, 0.29) is 24.3 Å². The molecular formula is C16H17NO5. The SMILES string of the molecule is C[C@@H]1Cc2ccccc2N1C(=O)COC(=O)C1=COCCO1. The molecule has 1 aromatic carbocycles. The van der Waals surface area contributed by atoms with E-state index in [2.05, 4.69) is 0 Å². The fraction of sp³-hybridized carbons (Fsp3) is 0.375. The predicted molar refractivity (Wildman–Crippen MR) is 78.0 cm³/mol. The van der Waals surface area contributed by atoms with Gasteiger partial charge in [-0.1, -0.05) is 18.2 Å². The van der Waals surface area contributed by atoms with Crippen molar-refractivity contribution in [1.29, 1.82) is 0 Å². The second kappa shape index (κ2) is 6.09. The number of anilines is 1. The summed E-state index contributed by atoms with van der Waals surface area (Å²) in [6.45, 7) is 2.35. The molecule has 116 valence electrons. The van der Waals surface area contributed by atoms with E-state index in [9.17, 15) is 9.59 Å². The molecule has 0 aliphatic carbocycles. The largest absolute Gasteiger partial charge is 0.493 e. The summed E-state index contributed by atoms with van der Waals surface area (Å²) in [4.78, 5) is 25.8. The van der Waals surface area contributed by atoms with Gasteiger partial charge in [0, 0.05) is 11.7 Å². The second-order valence-electron chi connectivity index (χ2n) is 5.22. The van der Waals surface area contributed by atoms with Gasteiger partial charge in [0.05, 0.1) is 0 Å². The Balaban J connectivity index is 1.63. The number of benzene rings is 1. The minimum Gasteiger partial charge on any atom is -0.493 e. The molecule has 2 aliphatic rings. The molecule has 0 spiro atoms. The molecule has 1 aromatic rings. The molecule has 0 aromatic heterocycles.